The van der Waals surface area contributed by atoms with E-state index in [2.05, 4.69) is 11.8 Å². The minimum absolute atomic E-state index is 0.0610. The standard InChI is InChI=1S/C23H25ClN4O2/c1-3-20-19(15-17-6-8-18(24)9-7-17)22(26-16(2)25-20)27-10-12-28(13-11-27)23(29)21-5-4-14-30-21/h4-9,14H,3,10-13,15H2,1-2H3. The number of furan rings is 1. The highest BCUT2D eigenvalue weighted by atomic mass is 35.5. The third-order valence-corrected chi connectivity index (χ3v) is 5.66. The van der Waals surface area contributed by atoms with Crippen molar-refractivity contribution in [3.63, 3.8) is 0 Å². The van der Waals surface area contributed by atoms with Gasteiger partial charge in [0.05, 0.1) is 6.26 Å². The van der Waals surface area contributed by atoms with Gasteiger partial charge < -0.3 is 14.2 Å². The Morgan fingerprint density at radius 1 is 1.10 bits per heavy atom. The Bertz CT molecular complexity index is 1010. The molecule has 1 saturated heterocycles. The molecule has 30 heavy (non-hydrogen) atoms. The summed E-state index contributed by atoms with van der Waals surface area (Å²) in [4.78, 5) is 26.2. The predicted octanol–water partition coefficient (Wildman–Crippen LogP) is 4.15. The molecule has 7 heteroatoms. The number of aromatic nitrogens is 2. The predicted molar refractivity (Wildman–Crippen MR) is 117 cm³/mol. The first-order valence-electron chi connectivity index (χ1n) is 10.2. The number of halogens is 1. The van der Waals surface area contributed by atoms with Crippen LogP contribution in [0.15, 0.2) is 47.1 Å². The normalized spacial score (nSPS) is 14.2. The first-order chi connectivity index (χ1) is 14.5. The molecule has 2 aromatic heterocycles. The minimum Gasteiger partial charge on any atom is -0.459 e. The van der Waals surface area contributed by atoms with Gasteiger partial charge in [0.15, 0.2) is 5.76 Å². The first kappa shape index (κ1) is 20.4. The molecule has 1 aliphatic heterocycles. The average molecular weight is 425 g/mol. The highest BCUT2D eigenvalue weighted by molar-refractivity contribution is 6.30. The summed E-state index contributed by atoms with van der Waals surface area (Å²) < 4.78 is 5.27. The van der Waals surface area contributed by atoms with Crippen molar-refractivity contribution in [2.75, 3.05) is 31.1 Å². The maximum absolute atomic E-state index is 12.6. The van der Waals surface area contributed by atoms with Gasteiger partial charge in [-0.15, -0.1) is 0 Å². The van der Waals surface area contributed by atoms with E-state index >= 15 is 0 Å². The number of anilines is 1. The topological polar surface area (TPSA) is 62.5 Å². The van der Waals surface area contributed by atoms with Gasteiger partial charge in [-0.3, -0.25) is 4.79 Å². The molecule has 0 saturated carbocycles. The zero-order chi connectivity index (χ0) is 21.1. The monoisotopic (exact) mass is 424 g/mol. The molecule has 1 aliphatic rings. The van der Waals surface area contributed by atoms with Crippen LogP contribution in [0.25, 0.3) is 0 Å². The van der Waals surface area contributed by atoms with Crippen LogP contribution in [0, 0.1) is 6.92 Å². The molecule has 3 heterocycles. The molecule has 1 amide bonds. The molecule has 0 bridgehead atoms. The number of amides is 1. The highest BCUT2D eigenvalue weighted by Crippen LogP contribution is 2.26. The second-order valence-corrected chi connectivity index (χ2v) is 7.87. The summed E-state index contributed by atoms with van der Waals surface area (Å²) in [5.74, 6) is 2.07. The minimum atomic E-state index is -0.0610. The second kappa shape index (κ2) is 8.88. The van der Waals surface area contributed by atoms with Crippen LogP contribution >= 0.6 is 11.6 Å². The van der Waals surface area contributed by atoms with E-state index in [1.807, 2.05) is 36.1 Å². The fraction of sp³-hybridized carbons (Fsp3) is 0.348. The molecular formula is C23H25ClN4O2. The summed E-state index contributed by atoms with van der Waals surface area (Å²) in [7, 11) is 0. The molecular weight excluding hydrogens is 400 g/mol. The van der Waals surface area contributed by atoms with Gasteiger partial charge in [-0.2, -0.15) is 0 Å². The number of nitrogens with zero attached hydrogens (tertiary/aromatic N) is 4. The van der Waals surface area contributed by atoms with Crippen molar-refractivity contribution >= 4 is 23.3 Å². The van der Waals surface area contributed by atoms with Crippen LogP contribution in [0.4, 0.5) is 5.82 Å². The molecule has 0 radical (unpaired) electrons. The summed E-state index contributed by atoms with van der Waals surface area (Å²) in [6.45, 7) is 6.76. The summed E-state index contributed by atoms with van der Waals surface area (Å²) in [6, 6.07) is 11.4. The Morgan fingerprint density at radius 2 is 1.83 bits per heavy atom. The Morgan fingerprint density at radius 3 is 2.47 bits per heavy atom. The molecule has 0 atom stereocenters. The van der Waals surface area contributed by atoms with E-state index in [1.165, 1.54) is 11.8 Å². The lowest BCUT2D eigenvalue weighted by atomic mass is 10.0. The van der Waals surface area contributed by atoms with Gasteiger partial charge in [0.2, 0.25) is 0 Å². The summed E-state index contributed by atoms with van der Waals surface area (Å²) >= 11 is 6.05. The van der Waals surface area contributed by atoms with Gasteiger partial charge in [0, 0.05) is 48.9 Å². The van der Waals surface area contributed by atoms with Crippen molar-refractivity contribution in [1.29, 1.82) is 0 Å². The van der Waals surface area contributed by atoms with E-state index in [0.717, 1.165) is 53.9 Å². The van der Waals surface area contributed by atoms with Crippen LogP contribution in [-0.4, -0.2) is 47.0 Å². The number of hydrogen-bond donors (Lipinski definition) is 0. The van der Waals surface area contributed by atoms with E-state index in [9.17, 15) is 4.79 Å². The number of carbonyl (C=O) groups excluding carboxylic acids is 1. The van der Waals surface area contributed by atoms with Crippen LogP contribution in [0.5, 0.6) is 0 Å². The van der Waals surface area contributed by atoms with Crippen molar-refractivity contribution < 1.29 is 9.21 Å². The fourth-order valence-electron chi connectivity index (χ4n) is 3.86. The molecule has 1 aromatic carbocycles. The van der Waals surface area contributed by atoms with Gasteiger partial charge in [-0.05, 0) is 43.2 Å². The van der Waals surface area contributed by atoms with Gasteiger partial charge in [-0.25, -0.2) is 9.97 Å². The summed E-state index contributed by atoms with van der Waals surface area (Å²) in [5, 5.41) is 0.729. The summed E-state index contributed by atoms with van der Waals surface area (Å²) in [5.41, 5.74) is 3.40. The molecule has 3 aromatic rings. The van der Waals surface area contributed by atoms with Crippen LogP contribution < -0.4 is 4.90 Å². The zero-order valence-electron chi connectivity index (χ0n) is 17.3. The number of benzene rings is 1. The molecule has 4 rings (SSSR count). The van der Waals surface area contributed by atoms with Crippen molar-refractivity contribution in [1.82, 2.24) is 14.9 Å². The average Bonchev–Trinajstić information content (AvgIpc) is 3.30. The van der Waals surface area contributed by atoms with Crippen LogP contribution in [-0.2, 0) is 12.8 Å². The van der Waals surface area contributed by atoms with Crippen LogP contribution in [0.1, 0.15) is 40.1 Å². The number of rotatable bonds is 5. The van der Waals surface area contributed by atoms with Crippen molar-refractivity contribution in [3.05, 3.63) is 76.1 Å². The zero-order valence-corrected chi connectivity index (χ0v) is 18.0. The lowest BCUT2D eigenvalue weighted by molar-refractivity contribution is 0.0714. The van der Waals surface area contributed by atoms with E-state index in [4.69, 9.17) is 26.0 Å². The maximum atomic E-state index is 12.6. The Labute approximate surface area is 181 Å². The van der Waals surface area contributed by atoms with Gasteiger partial charge in [-0.1, -0.05) is 30.7 Å². The Balaban J connectivity index is 1.57. The smallest absolute Gasteiger partial charge is 0.289 e. The van der Waals surface area contributed by atoms with Gasteiger partial charge in [0.1, 0.15) is 11.6 Å². The van der Waals surface area contributed by atoms with Crippen molar-refractivity contribution in [2.45, 2.75) is 26.7 Å². The SMILES string of the molecule is CCc1nc(C)nc(N2CCN(C(=O)c3ccco3)CC2)c1Cc1ccc(Cl)cc1. The third kappa shape index (κ3) is 4.33. The molecule has 0 aliphatic carbocycles. The lowest BCUT2D eigenvalue weighted by Gasteiger charge is -2.36. The summed E-state index contributed by atoms with van der Waals surface area (Å²) in [6.07, 6.45) is 3.13. The van der Waals surface area contributed by atoms with E-state index < -0.39 is 0 Å². The number of carbonyl (C=O) groups is 1. The van der Waals surface area contributed by atoms with Crippen molar-refractivity contribution in [3.8, 4) is 0 Å². The molecule has 0 unspecified atom stereocenters. The Hall–Kier alpha value is -2.86. The van der Waals surface area contributed by atoms with E-state index in [-0.39, 0.29) is 5.91 Å². The van der Waals surface area contributed by atoms with Crippen LogP contribution in [0.3, 0.4) is 0 Å². The Kier molecular flexibility index (Phi) is 6.04. The number of hydrogen-bond acceptors (Lipinski definition) is 5. The van der Waals surface area contributed by atoms with E-state index in [0.29, 0.717) is 18.8 Å². The third-order valence-electron chi connectivity index (χ3n) is 5.41. The van der Waals surface area contributed by atoms with E-state index in [1.54, 1.807) is 12.1 Å². The number of aryl methyl sites for hydroxylation is 2. The molecule has 1 fully saturated rings. The largest absolute Gasteiger partial charge is 0.459 e. The molecule has 6 nitrogen and oxygen atoms in total. The lowest BCUT2D eigenvalue weighted by Crippen LogP contribution is -2.49. The van der Waals surface area contributed by atoms with Crippen molar-refractivity contribution in [2.24, 2.45) is 0 Å². The van der Waals surface area contributed by atoms with Gasteiger partial charge >= 0.3 is 0 Å². The molecule has 156 valence electrons. The second-order valence-electron chi connectivity index (χ2n) is 7.43. The highest BCUT2D eigenvalue weighted by Gasteiger charge is 2.26. The maximum Gasteiger partial charge on any atom is 0.289 e. The fourth-order valence-corrected chi connectivity index (χ4v) is 3.98. The molecule has 0 spiro atoms. The number of piperazine rings is 1. The first-order valence-corrected chi connectivity index (χ1v) is 10.6. The van der Waals surface area contributed by atoms with Crippen LogP contribution in [0.2, 0.25) is 5.02 Å². The molecule has 0 N–H and O–H groups in total. The van der Waals surface area contributed by atoms with Gasteiger partial charge in [0.25, 0.3) is 5.91 Å². The quantitative estimate of drug-likeness (QED) is 0.615.